The first-order chi connectivity index (χ1) is 12.2. The van der Waals surface area contributed by atoms with Crippen LogP contribution in [0.1, 0.15) is 12.8 Å². The van der Waals surface area contributed by atoms with Gasteiger partial charge in [-0.05, 0) is 25.0 Å². The first kappa shape index (κ1) is 16.2. The Morgan fingerprint density at radius 2 is 1.88 bits per heavy atom. The molecule has 1 amide bonds. The first-order valence-corrected chi connectivity index (χ1v) is 8.67. The number of ether oxygens (including phenoxy) is 2. The molecular weight excluding hydrogens is 322 g/mol. The van der Waals surface area contributed by atoms with Crippen molar-refractivity contribution in [3.05, 3.63) is 40.9 Å². The summed E-state index contributed by atoms with van der Waals surface area (Å²) in [6.07, 6.45) is 3.06. The molecule has 0 bridgehead atoms. The average Bonchev–Trinajstić information content (AvgIpc) is 3.19. The van der Waals surface area contributed by atoms with Crippen LogP contribution < -0.4 is 5.56 Å². The summed E-state index contributed by atoms with van der Waals surface area (Å²) in [5, 5.41) is 0.534. The third kappa shape index (κ3) is 3.29. The number of hydrogen-bond acceptors (Lipinski definition) is 5. The minimum absolute atomic E-state index is 0.0256. The molecular formula is C18H21N3O4. The van der Waals surface area contributed by atoms with Gasteiger partial charge in [0.25, 0.3) is 5.56 Å². The lowest BCUT2D eigenvalue weighted by Gasteiger charge is -2.33. The highest BCUT2D eigenvalue weighted by Crippen LogP contribution is 2.25. The number of aromatic nitrogens is 2. The van der Waals surface area contributed by atoms with Crippen molar-refractivity contribution in [1.82, 2.24) is 14.5 Å². The van der Waals surface area contributed by atoms with Crippen molar-refractivity contribution < 1.29 is 14.3 Å². The second-order valence-electron chi connectivity index (χ2n) is 6.52. The summed E-state index contributed by atoms with van der Waals surface area (Å²) in [6.45, 7) is 2.67. The van der Waals surface area contributed by atoms with Gasteiger partial charge in [0.15, 0.2) is 6.29 Å². The van der Waals surface area contributed by atoms with E-state index in [9.17, 15) is 9.59 Å². The number of likely N-dealkylation sites (tertiary alicyclic amines) is 1. The zero-order valence-corrected chi connectivity index (χ0v) is 14.0. The molecule has 0 unspecified atom stereocenters. The van der Waals surface area contributed by atoms with E-state index in [2.05, 4.69) is 4.98 Å². The number of fused-ring (bicyclic) bond motifs is 1. The van der Waals surface area contributed by atoms with Crippen molar-refractivity contribution in [3.63, 3.8) is 0 Å². The fraction of sp³-hybridized carbons (Fsp3) is 0.500. The van der Waals surface area contributed by atoms with Crippen molar-refractivity contribution in [2.45, 2.75) is 25.7 Å². The number of amides is 1. The second-order valence-corrected chi connectivity index (χ2v) is 6.52. The number of nitrogens with zero attached hydrogens (tertiary/aromatic N) is 3. The van der Waals surface area contributed by atoms with Crippen molar-refractivity contribution >= 4 is 16.8 Å². The molecule has 0 N–H and O–H groups in total. The summed E-state index contributed by atoms with van der Waals surface area (Å²) in [6, 6.07) is 7.17. The molecule has 0 aliphatic carbocycles. The molecule has 25 heavy (non-hydrogen) atoms. The zero-order valence-electron chi connectivity index (χ0n) is 14.0. The van der Waals surface area contributed by atoms with Crippen LogP contribution >= 0.6 is 0 Å². The Morgan fingerprint density at radius 3 is 2.64 bits per heavy atom. The van der Waals surface area contributed by atoms with Crippen LogP contribution in [0.15, 0.2) is 35.4 Å². The number of carbonyl (C=O) groups excluding carboxylic acids is 1. The van der Waals surface area contributed by atoms with Crippen molar-refractivity contribution in [2.75, 3.05) is 26.3 Å². The molecule has 7 heteroatoms. The predicted octanol–water partition coefficient (Wildman–Crippen LogP) is 1.01. The maximum Gasteiger partial charge on any atom is 0.261 e. The Morgan fingerprint density at radius 1 is 1.16 bits per heavy atom. The Bertz CT molecular complexity index is 820. The summed E-state index contributed by atoms with van der Waals surface area (Å²) in [7, 11) is 0. The molecule has 4 rings (SSSR count). The molecule has 0 radical (unpaired) electrons. The molecule has 0 saturated carbocycles. The fourth-order valence-corrected chi connectivity index (χ4v) is 3.53. The van der Waals surface area contributed by atoms with Gasteiger partial charge in [-0.25, -0.2) is 4.98 Å². The lowest BCUT2D eigenvalue weighted by atomic mass is 9.96. The maximum atomic E-state index is 12.6. The smallest absolute Gasteiger partial charge is 0.261 e. The summed E-state index contributed by atoms with van der Waals surface area (Å²) in [5.74, 6) is 0.294. The summed E-state index contributed by atoms with van der Waals surface area (Å²) < 4.78 is 12.5. The Hall–Kier alpha value is -2.25. The molecule has 7 nitrogen and oxygen atoms in total. The Kier molecular flexibility index (Phi) is 4.50. The van der Waals surface area contributed by atoms with E-state index in [1.165, 1.54) is 10.9 Å². The van der Waals surface area contributed by atoms with E-state index in [1.54, 1.807) is 18.2 Å². The molecule has 1 aromatic carbocycles. The number of carbonyl (C=O) groups is 1. The van der Waals surface area contributed by atoms with Crippen LogP contribution in [0, 0.1) is 5.92 Å². The molecule has 1 aromatic heterocycles. The Balaban J connectivity index is 1.41. The fourth-order valence-electron chi connectivity index (χ4n) is 3.53. The zero-order chi connectivity index (χ0) is 17.2. The molecule has 0 atom stereocenters. The third-order valence-corrected chi connectivity index (χ3v) is 4.96. The van der Waals surface area contributed by atoms with E-state index >= 15 is 0 Å². The minimum atomic E-state index is -0.179. The highest BCUT2D eigenvalue weighted by atomic mass is 16.7. The molecule has 0 spiro atoms. The normalized spacial score (nSPS) is 19.6. The van der Waals surface area contributed by atoms with Crippen LogP contribution in [0.2, 0.25) is 0 Å². The van der Waals surface area contributed by atoms with Gasteiger partial charge in [-0.3, -0.25) is 14.2 Å². The lowest BCUT2D eigenvalue weighted by molar-refractivity contribution is -0.137. The van der Waals surface area contributed by atoms with Gasteiger partial charge in [0, 0.05) is 19.0 Å². The van der Waals surface area contributed by atoms with Gasteiger partial charge in [0.1, 0.15) is 6.54 Å². The van der Waals surface area contributed by atoms with E-state index in [1.807, 2.05) is 11.0 Å². The molecule has 2 aromatic rings. The van der Waals surface area contributed by atoms with E-state index in [0.717, 1.165) is 12.8 Å². The lowest BCUT2D eigenvalue weighted by Crippen LogP contribution is -2.43. The third-order valence-electron chi connectivity index (χ3n) is 4.96. The van der Waals surface area contributed by atoms with Gasteiger partial charge in [-0.2, -0.15) is 0 Å². The largest absolute Gasteiger partial charge is 0.350 e. The van der Waals surface area contributed by atoms with Crippen LogP contribution in [-0.2, 0) is 20.8 Å². The van der Waals surface area contributed by atoms with E-state index < -0.39 is 0 Å². The van der Waals surface area contributed by atoms with Crippen molar-refractivity contribution in [1.29, 1.82) is 0 Å². The average molecular weight is 343 g/mol. The van der Waals surface area contributed by atoms with Crippen LogP contribution in [0.3, 0.4) is 0 Å². The Labute approximate surface area is 145 Å². The summed E-state index contributed by atoms with van der Waals surface area (Å²) in [4.78, 5) is 31.1. The van der Waals surface area contributed by atoms with Gasteiger partial charge in [0.05, 0.1) is 30.4 Å². The maximum absolute atomic E-state index is 12.6. The highest BCUT2D eigenvalue weighted by Gasteiger charge is 2.31. The van der Waals surface area contributed by atoms with Crippen LogP contribution in [-0.4, -0.2) is 53.0 Å². The quantitative estimate of drug-likeness (QED) is 0.831. The molecule has 3 heterocycles. The second kappa shape index (κ2) is 6.93. The van der Waals surface area contributed by atoms with Gasteiger partial charge in [-0.1, -0.05) is 12.1 Å². The molecule has 2 aliphatic rings. The molecule has 2 aliphatic heterocycles. The number of piperidine rings is 1. The van der Waals surface area contributed by atoms with Crippen LogP contribution in [0.5, 0.6) is 0 Å². The number of para-hydroxylation sites is 1. The summed E-state index contributed by atoms with van der Waals surface area (Å²) in [5.41, 5.74) is 0.468. The first-order valence-electron chi connectivity index (χ1n) is 8.67. The predicted molar refractivity (Wildman–Crippen MR) is 91.0 cm³/mol. The van der Waals surface area contributed by atoms with Gasteiger partial charge < -0.3 is 14.4 Å². The summed E-state index contributed by atoms with van der Waals surface area (Å²) >= 11 is 0. The van der Waals surface area contributed by atoms with Crippen molar-refractivity contribution in [2.24, 2.45) is 5.92 Å². The van der Waals surface area contributed by atoms with Gasteiger partial charge in [0.2, 0.25) is 5.91 Å². The van der Waals surface area contributed by atoms with Crippen molar-refractivity contribution in [3.8, 4) is 0 Å². The monoisotopic (exact) mass is 343 g/mol. The minimum Gasteiger partial charge on any atom is -0.350 e. The van der Waals surface area contributed by atoms with E-state index in [0.29, 0.717) is 43.1 Å². The van der Waals surface area contributed by atoms with Gasteiger partial charge in [-0.15, -0.1) is 0 Å². The number of benzene rings is 1. The van der Waals surface area contributed by atoms with E-state index in [4.69, 9.17) is 9.47 Å². The van der Waals surface area contributed by atoms with Gasteiger partial charge >= 0.3 is 0 Å². The molecule has 2 saturated heterocycles. The number of hydrogen-bond donors (Lipinski definition) is 0. The van der Waals surface area contributed by atoms with Crippen LogP contribution in [0.25, 0.3) is 10.9 Å². The van der Waals surface area contributed by atoms with Crippen LogP contribution in [0.4, 0.5) is 0 Å². The van der Waals surface area contributed by atoms with E-state index in [-0.39, 0.29) is 24.3 Å². The molecule has 132 valence electrons. The highest BCUT2D eigenvalue weighted by molar-refractivity contribution is 5.79. The molecule has 2 fully saturated rings. The number of rotatable bonds is 3. The SMILES string of the molecule is O=C(Cn1cnc2ccccc2c1=O)N1CCC(C2OCCO2)CC1. The topological polar surface area (TPSA) is 73.7 Å². The standard InChI is InChI=1S/C18H21N3O4/c22-16(20-7-5-13(6-8-20)18-24-9-10-25-18)11-21-12-19-15-4-2-1-3-14(15)17(21)23/h1-4,12-13,18H,5-11H2.